The first-order valence-electron chi connectivity index (χ1n) is 6.94. The Balaban J connectivity index is 1.80. The van der Waals surface area contributed by atoms with Crippen molar-refractivity contribution in [2.75, 3.05) is 5.75 Å². The summed E-state index contributed by atoms with van der Waals surface area (Å²) in [6.45, 7) is 0. The fourth-order valence-electron chi connectivity index (χ4n) is 2.04. The standard InChI is InChI=1S/C18H12N2O2S/c19-11-14-8-9-15(17-7-4-10-22-17)20-18(14)23-12-16(21)13-5-2-1-3-6-13/h1-10H,12H2. The number of furan rings is 1. The lowest BCUT2D eigenvalue weighted by atomic mass is 10.2. The molecule has 0 amide bonds. The maximum Gasteiger partial charge on any atom is 0.173 e. The summed E-state index contributed by atoms with van der Waals surface area (Å²) in [5.41, 5.74) is 1.75. The lowest BCUT2D eigenvalue weighted by Crippen LogP contribution is -2.03. The Morgan fingerprint density at radius 3 is 2.65 bits per heavy atom. The van der Waals surface area contributed by atoms with Crippen molar-refractivity contribution in [1.29, 1.82) is 5.26 Å². The number of ketones is 1. The van der Waals surface area contributed by atoms with Gasteiger partial charge in [-0.05, 0) is 24.3 Å². The second-order valence-electron chi connectivity index (χ2n) is 4.72. The largest absolute Gasteiger partial charge is 0.463 e. The average Bonchev–Trinajstić information content (AvgIpc) is 3.15. The first kappa shape index (κ1) is 15.1. The Morgan fingerprint density at radius 2 is 1.96 bits per heavy atom. The molecule has 0 saturated heterocycles. The lowest BCUT2D eigenvalue weighted by molar-refractivity contribution is 0.102. The van der Waals surface area contributed by atoms with E-state index in [1.165, 1.54) is 11.8 Å². The van der Waals surface area contributed by atoms with Gasteiger partial charge >= 0.3 is 0 Å². The van der Waals surface area contributed by atoms with Crippen molar-refractivity contribution in [3.05, 3.63) is 72.0 Å². The highest BCUT2D eigenvalue weighted by Gasteiger charge is 2.12. The van der Waals surface area contributed by atoms with Crippen LogP contribution >= 0.6 is 11.8 Å². The van der Waals surface area contributed by atoms with Crippen LogP contribution in [0.3, 0.4) is 0 Å². The van der Waals surface area contributed by atoms with Crippen LogP contribution in [0.15, 0.2) is 70.3 Å². The van der Waals surface area contributed by atoms with Gasteiger partial charge in [0.2, 0.25) is 0 Å². The second kappa shape index (κ2) is 6.95. The van der Waals surface area contributed by atoms with E-state index in [2.05, 4.69) is 11.1 Å². The smallest absolute Gasteiger partial charge is 0.173 e. The SMILES string of the molecule is N#Cc1ccc(-c2ccco2)nc1SCC(=O)c1ccccc1. The van der Waals surface area contributed by atoms with Crippen molar-refractivity contribution in [1.82, 2.24) is 4.98 Å². The maximum absolute atomic E-state index is 12.2. The summed E-state index contributed by atoms with van der Waals surface area (Å²) in [6.07, 6.45) is 1.57. The van der Waals surface area contributed by atoms with Gasteiger partial charge in [0.1, 0.15) is 16.8 Å². The number of hydrogen-bond donors (Lipinski definition) is 0. The van der Waals surface area contributed by atoms with Crippen molar-refractivity contribution in [2.24, 2.45) is 0 Å². The first-order chi connectivity index (χ1) is 11.3. The molecule has 2 aromatic heterocycles. The molecule has 0 saturated carbocycles. The van der Waals surface area contributed by atoms with Crippen LogP contribution < -0.4 is 0 Å². The molecule has 2 heterocycles. The van der Waals surface area contributed by atoms with E-state index in [1.807, 2.05) is 18.2 Å². The number of carbonyl (C=O) groups is 1. The third kappa shape index (κ3) is 3.50. The van der Waals surface area contributed by atoms with E-state index >= 15 is 0 Å². The summed E-state index contributed by atoms with van der Waals surface area (Å²) in [6, 6.07) is 18.2. The van der Waals surface area contributed by atoms with Crippen LogP contribution in [-0.2, 0) is 0 Å². The highest BCUT2D eigenvalue weighted by molar-refractivity contribution is 8.00. The van der Waals surface area contributed by atoms with Gasteiger partial charge in [-0.1, -0.05) is 42.1 Å². The minimum absolute atomic E-state index is 0.00434. The molecule has 1 aromatic carbocycles. The van der Waals surface area contributed by atoms with Gasteiger partial charge < -0.3 is 4.42 Å². The van der Waals surface area contributed by atoms with Gasteiger partial charge in [-0.15, -0.1) is 0 Å². The van der Waals surface area contributed by atoms with Gasteiger partial charge in [-0.25, -0.2) is 4.98 Å². The second-order valence-corrected chi connectivity index (χ2v) is 5.68. The van der Waals surface area contributed by atoms with Crippen LogP contribution in [0, 0.1) is 11.3 Å². The number of benzene rings is 1. The van der Waals surface area contributed by atoms with Crippen LogP contribution in [0.4, 0.5) is 0 Å². The molecule has 0 radical (unpaired) electrons. The molecule has 5 heteroatoms. The molecule has 3 aromatic rings. The highest BCUT2D eigenvalue weighted by atomic mass is 32.2. The van der Waals surface area contributed by atoms with E-state index < -0.39 is 0 Å². The van der Waals surface area contributed by atoms with Crippen LogP contribution in [-0.4, -0.2) is 16.5 Å². The first-order valence-corrected chi connectivity index (χ1v) is 7.92. The third-order valence-corrected chi connectivity index (χ3v) is 4.18. The summed E-state index contributed by atoms with van der Waals surface area (Å²) in [5, 5.41) is 9.74. The molecular weight excluding hydrogens is 308 g/mol. The molecule has 3 rings (SSSR count). The zero-order valence-electron chi connectivity index (χ0n) is 12.1. The predicted molar refractivity (Wildman–Crippen MR) is 88.2 cm³/mol. The number of aromatic nitrogens is 1. The number of rotatable bonds is 5. The quantitative estimate of drug-likeness (QED) is 0.521. The van der Waals surface area contributed by atoms with Gasteiger partial charge in [-0.3, -0.25) is 4.79 Å². The van der Waals surface area contributed by atoms with Crippen molar-refractivity contribution >= 4 is 17.5 Å². The zero-order valence-corrected chi connectivity index (χ0v) is 12.9. The van der Waals surface area contributed by atoms with Gasteiger partial charge in [0.25, 0.3) is 0 Å². The summed E-state index contributed by atoms with van der Waals surface area (Å²) in [5.74, 6) is 0.864. The molecule has 0 aliphatic rings. The van der Waals surface area contributed by atoms with Crippen molar-refractivity contribution in [3.63, 3.8) is 0 Å². The minimum Gasteiger partial charge on any atom is -0.463 e. The normalized spacial score (nSPS) is 10.2. The average molecular weight is 320 g/mol. The number of nitrogens with zero attached hydrogens (tertiary/aromatic N) is 2. The van der Waals surface area contributed by atoms with Crippen molar-refractivity contribution in [3.8, 4) is 17.5 Å². The Morgan fingerprint density at radius 1 is 1.13 bits per heavy atom. The Kier molecular flexibility index (Phi) is 4.55. The number of thioether (sulfide) groups is 1. The Bertz CT molecular complexity index is 852. The van der Waals surface area contributed by atoms with E-state index in [1.54, 1.807) is 42.7 Å². The highest BCUT2D eigenvalue weighted by Crippen LogP contribution is 2.26. The van der Waals surface area contributed by atoms with Gasteiger partial charge in [-0.2, -0.15) is 5.26 Å². The van der Waals surface area contributed by atoms with Crippen LogP contribution in [0.5, 0.6) is 0 Å². The van der Waals surface area contributed by atoms with Gasteiger partial charge in [0.05, 0.1) is 17.6 Å². The minimum atomic E-state index is 0.00434. The van der Waals surface area contributed by atoms with E-state index in [9.17, 15) is 10.1 Å². The van der Waals surface area contributed by atoms with Crippen LogP contribution in [0.2, 0.25) is 0 Å². The molecule has 0 fully saturated rings. The van der Waals surface area contributed by atoms with E-state index in [0.29, 0.717) is 27.6 Å². The topological polar surface area (TPSA) is 66.9 Å². The Labute approximate surface area is 137 Å². The molecule has 0 atom stereocenters. The van der Waals surface area contributed by atoms with Crippen molar-refractivity contribution in [2.45, 2.75) is 5.03 Å². The van der Waals surface area contributed by atoms with Gasteiger partial charge in [0.15, 0.2) is 11.5 Å². The summed E-state index contributed by atoms with van der Waals surface area (Å²) >= 11 is 1.26. The monoisotopic (exact) mass is 320 g/mol. The fourth-order valence-corrected chi connectivity index (χ4v) is 2.90. The fraction of sp³-hybridized carbons (Fsp3) is 0.0556. The number of carbonyl (C=O) groups excluding carboxylic acids is 1. The summed E-state index contributed by atoms with van der Waals surface area (Å²) in [7, 11) is 0. The number of hydrogen-bond acceptors (Lipinski definition) is 5. The molecule has 0 aliphatic heterocycles. The van der Waals surface area contributed by atoms with E-state index in [-0.39, 0.29) is 11.5 Å². The van der Waals surface area contributed by atoms with Crippen LogP contribution in [0.1, 0.15) is 15.9 Å². The molecule has 23 heavy (non-hydrogen) atoms. The molecule has 0 aliphatic carbocycles. The number of pyridine rings is 1. The third-order valence-electron chi connectivity index (χ3n) is 3.19. The lowest BCUT2D eigenvalue weighted by Gasteiger charge is -2.05. The van der Waals surface area contributed by atoms with E-state index in [4.69, 9.17) is 4.42 Å². The molecule has 112 valence electrons. The van der Waals surface area contributed by atoms with Crippen molar-refractivity contribution < 1.29 is 9.21 Å². The number of nitriles is 1. The molecule has 0 N–H and O–H groups in total. The Hall–Kier alpha value is -2.84. The van der Waals surface area contributed by atoms with Gasteiger partial charge in [0, 0.05) is 5.56 Å². The molecular formula is C18H12N2O2S. The zero-order chi connectivity index (χ0) is 16.1. The maximum atomic E-state index is 12.2. The molecule has 0 unspecified atom stereocenters. The number of Topliss-reactive ketones (excluding diaryl/α,β-unsaturated/α-hetero) is 1. The molecule has 0 bridgehead atoms. The van der Waals surface area contributed by atoms with Crippen LogP contribution in [0.25, 0.3) is 11.5 Å². The summed E-state index contributed by atoms with van der Waals surface area (Å²) < 4.78 is 5.32. The summed E-state index contributed by atoms with van der Waals surface area (Å²) in [4.78, 5) is 16.6. The molecule has 0 spiro atoms. The van der Waals surface area contributed by atoms with E-state index in [0.717, 1.165) is 0 Å². The molecule has 4 nitrogen and oxygen atoms in total. The predicted octanol–water partition coefficient (Wildman–Crippen LogP) is 4.19.